The van der Waals surface area contributed by atoms with E-state index in [1.165, 1.54) is 11.3 Å². The number of carbonyl (C=O) groups is 1. The van der Waals surface area contributed by atoms with E-state index in [1.807, 2.05) is 34.2 Å². The summed E-state index contributed by atoms with van der Waals surface area (Å²) in [7, 11) is -3.49. The van der Waals surface area contributed by atoms with Gasteiger partial charge >= 0.3 is 0 Å². The predicted octanol–water partition coefficient (Wildman–Crippen LogP) is 5.47. The van der Waals surface area contributed by atoms with Crippen molar-refractivity contribution in [1.82, 2.24) is 19.4 Å². The van der Waals surface area contributed by atoms with E-state index in [0.717, 1.165) is 34.8 Å². The minimum Gasteiger partial charge on any atom is -0.366 e. The lowest BCUT2D eigenvalue weighted by Gasteiger charge is -2.29. The highest BCUT2D eigenvalue weighted by molar-refractivity contribution is 7.92. The summed E-state index contributed by atoms with van der Waals surface area (Å²) in [6, 6.07) is 15.1. The molecule has 1 amide bonds. The minimum absolute atomic E-state index is 0.0940. The Hall–Kier alpha value is -3.80. The first-order valence-corrected chi connectivity index (χ1v) is 15.6. The number of nitrogens with zero attached hydrogens (tertiary/aromatic N) is 4. The van der Waals surface area contributed by atoms with E-state index in [4.69, 9.17) is 27.3 Å². The molecular weight excluding hydrogens is 568 g/mol. The molecule has 0 radical (unpaired) electrons. The Balaban J connectivity index is 1.27. The molecule has 0 aliphatic heterocycles. The first-order chi connectivity index (χ1) is 19.3. The summed E-state index contributed by atoms with van der Waals surface area (Å²) in [5.41, 5.74) is 8.83. The number of hydrogen-bond donors (Lipinski definition) is 2. The summed E-state index contributed by atoms with van der Waals surface area (Å²) >= 11 is 7.47. The second-order valence-corrected chi connectivity index (χ2v) is 13.2. The first kappa shape index (κ1) is 26.4. The Labute approximate surface area is 240 Å². The molecule has 3 N–H and O–H groups in total. The van der Waals surface area contributed by atoms with Crippen LogP contribution in [0.5, 0.6) is 0 Å². The maximum atomic E-state index is 13.3. The fraction of sp³-hybridized carbons (Fsp3) is 0.214. The molecule has 2 aromatic carbocycles. The first-order valence-electron chi connectivity index (χ1n) is 12.7. The number of benzene rings is 2. The molecule has 9 nitrogen and oxygen atoms in total. The molecule has 0 bridgehead atoms. The molecular formula is C28H25ClN6O3S2. The predicted molar refractivity (Wildman–Crippen MR) is 156 cm³/mol. The van der Waals surface area contributed by atoms with Gasteiger partial charge in [0.25, 0.3) is 0 Å². The van der Waals surface area contributed by atoms with Gasteiger partial charge in [-0.3, -0.25) is 9.20 Å². The van der Waals surface area contributed by atoms with Crippen molar-refractivity contribution in [3.05, 3.63) is 83.0 Å². The number of anilines is 1. The number of thiazole rings is 1. The number of imidazole rings is 1. The monoisotopic (exact) mass is 592 g/mol. The van der Waals surface area contributed by atoms with Gasteiger partial charge in [-0.2, -0.15) is 0 Å². The van der Waals surface area contributed by atoms with Gasteiger partial charge in [0.2, 0.25) is 11.9 Å². The minimum atomic E-state index is -3.49. The fourth-order valence-electron chi connectivity index (χ4n) is 5.14. The van der Waals surface area contributed by atoms with Gasteiger partial charge in [0.05, 0.1) is 21.5 Å². The summed E-state index contributed by atoms with van der Waals surface area (Å²) in [5.74, 6) is -0.0673. The van der Waals surface area contributed by atoms with Crippen LogP contribution in [0.2, 0.25) is 5.02 Å². The summed E-state index contributed by atoms with van der Waals surface area (Å²) in [6.07, 6.45) is 6.27. The topological polar surface area (TPSA) is 132 Å². The maximum absolute atomic E-state index is 13.3. The SMILES string of the molecule is NC(=O)c1ccc(-c2nc3sccn3c2-c2ccnc(N[C@@H]3CCCC(S(=O)(=O)c4ccc(Cl)cc4)C3)n2)cc1. The highest BCUT2D eigenvalue weighted by atomic mass is 35.5. The average molecular weight is 593 g/mol. The lowest BCUT2D eigenvalue weighted by Crippen LogP contribution is -2.35. The van der Waals surface area contributed by atoms with Gasteiger partial charge in [0, 0.05) is 40.0 Å². The number of amides is 1. The zero-order valence-corrected chi connectivity index (χ0v) is 23.6. The summed E-state index contributed by atoms with van der Waals surface area (Å²) in [4.78, 5) is 26.7. The molecule has 2 atom stereocenters. The second-order valence-electron chi connectivity index (χ2n) is 9.70. The molecule has 1 fully saturated rings. The molecule has 12 heteroatoms. The summed E-state index contributed by atoms with van der Waals surface area (Å²) in [5, 5.41) is 5.34. The molecule has 1 unspecified atom stereocenters. The smallest absolute Gasteiger partial charge is 0.248 e. The van der Waals surface area contributed by atoms with Crippen LogP contribution < -0.4 is 11.1 Å². The quantitative estimate of drug-likeness (QED) is 0.256. The van der Waals surface area contributed by atoms with Crippen LogP contribution in [0.1, 0.15) is 36.0 Å². The number of sulfone groups is 1. The molecule has 1 aliphatic rings. The van der Waals surface area contributed by atoms with Crippen LogP contribution in [-0.2, 0) is 9.84 Å². The number of nitrogens with one attached hydrogen (secondary N) is 1. The van der Waals surface area contributed by atoms with Crippen molar-refractivity contribution in [2.45, 2.75) is 41.9 Å². The van der Waals surface area contributed by atoms with Crippen LogP contribution in [0.25, 0.3) is 27.6 Å². The van der Waals surface area contributed by atoms with E-state index in [0.29, 0.717) is 35.1 Å². The highest BCUT2D eigenvalue weighted by Gasteiger charge is 2.33. The Bertz CT molecular complexity index is 1800. The fourth-order valence-corrected chi connectivity index (χ4v) is 7.84. The van der Waals surface area contributed by atoms with Gasteiger partial charge in [-0.15, -0.1) is 11.3 Å². The average Bonchev–Trinajstić information content (AvgIpc) is 3.55. The van der Waals surface area contributed by atoms with Crippen molar-refractivity contribution >= 4 is 49.6 Å². The zero-order valence-electron chi connectivity index (χ0n) is 21.2. The molecule has 0 spiro atoms. The van der Waals surface area contributed by atoms with Gasteiger partial charge in [-0.1, -0.05) is 30.2 Å². The number of aromatic nitrogens is 4. The molecule has 1 saturated carbocycles. The Kier molecular flexibility index (Phi) is 7.03. The van der Waals surface area contributed by atoms with Crippen molar-refractivity contribution in [3.63, 3.8) is 0 Å². The van der Waals surface area contributed by atoms with Crippen LogP contribution in [-0.4, -0.2) is 45.0 Å². The van der Waals surface area contributed by atoms with Crippen LogP contribution in [0.4, 0.5) is 5.95 Å². The normalized spacial score (nSPS) is 17.6. The molecule has 204 valence electrons. The molecule has 6 rings (SSSR count). The largest absolute Gasteiger partial charge is 0.366 e. The van der Waals surface area contributed by atoms with Crippen molar-refractivity contribution in [1.29, 1.82) is 0 Å². The summed E-state index contributed by atoms with van der Waals surface area (Å²) in [6.45, 7) is 0. The number of carbonyl (C=O) groups excluding carboxylic acids is 1. The van der Waals surface area contributed by atoms with Crippen molar-refractivity contribution < 1.29 is 13.2 Å². The zero-order chi connectivity index (χ0) is 27.9. The standard InChI is InChI=1S/C28H25ClN6O3S2/c29-19-8-10-21(11-9-19)40(37,38)22-3-1-2-20(16-22)32-27-31-13-12-23(33-27)25-24(34-28-35(25)14-15-39-28)17-4-6-18(7-5-17)26(30)36/h4-15,20,22H,1-3,16H2,(H2,30,36)(H,31,32,33)/t20-,22?/m1/s1. The van der Waals surface area contributed by atoms with E-state index < -0.39 is 21.0 Å². The van der Waals surface area contributed by atoms with E-state index in [-0.39, 0.29) is 10.9 Å². The van der Waals surface area contributed by atoms with E-state index >= 15 is 0 Å². The molecule has 3 aromatic heterocycles. The van der Waals surface area contributed by atoms with Crippen LogP contribution in [0.3, 0.4) is 0 Å². The molecule has 40 heavy (non-hydrogen) atoms. The lowest BCUT2D eigenvalue weighted by atomic mass is 9.95. The molecule has 1 aliphatic carbocycles. The number of rotatable bonds is 7. The van der Waals surface area contributed by atoms with Gasteiger partial charge < -0.3 is 11.1 Å². The van der Waals surface area contributed by atoms with E-state index in [1.54, 1.807) is 42.6 Å². The third kappa shape index (κ3) is 5.07. The Morgan fingerprint density at radius 3 is 2.58 bits per heavy atom. The molecule has 3 heterocycles. The molecule has 0 saturated heterocycles. The van der Waals surface area contributed by atoms with E-state index in [9.17, 15) is 13.2 Å². The highest BCUT2D eigenvalue weighted by Crippen LogP contribution is 2.35. The summed E-state index contributed by atoms with van der Waals surface area (Å²) < 4.78 is 28.6. The van der Waals surface area contributed by atoms with Crippen LogP contribution in [0.15, 0.2) is 77.3 Å². The van der Waals surface area contributed by atoms with Gasteiger partial charge in [-0.05, 0) is 61.7 Å². The number of hydrogen-bond acceptors (Lipinski definition) is 8. The van der Waals surface area contributed by atoms with Gasteiger partial charge in [0.15, 0.2) is 14.8 Å². The lowest BCUT2D eigenvalue weighted by molar-refractivity contribution is 0.100. The van der Waals surface area contributed by atoms with Crippen molar-refractivity contribution in [3.8, 4) is 22.6 Å². The number of fused-ring (bicyclic) bond motifs is 1. The van der Waals surface area contributed by atoms with Crippen molar-refractivity contribution in [2.24, 2.45) is 5.73 Å². The number of nitrogens with two attached hydrogens (primary N) is 1. The Morgan fingerprint density at radius 2 is 1.82 bits per heavy atom. The third-order valence-electron chi connectivity index (χ3n) is 7.14. The van der Waals surface area contributed by atoms with Crippen molar-refractivity contribution in [2.75, 3.05) is 5.32 Å². The van der Waals surface area contributed by atoms with Crippen LogP contribution >= 0.6 is 22.9 Å². The molecule has 5 aromatic rings. The number of halogens is 1. The van der Waals surface area contributed by atoms with Gasteiger partial charge in [0.1, 0.15) is 5.69 Å². The number of primary amides is 1. The van der Waals surface area contributed by atoms with E-state index in [2.05, 4.69) is 10.3 Å². The third-order valence-corrected chi connectivity index (χ3v) is 10.4. The second kappa shape index (κ2) is 10.6. The van der Waals surface area contributed by atoms with Crippen LogP contribution in [0, 0.1) is 0 Å². The Morgan fingerprint density at radius 1 is 1.05 bits per heavy atom. The maximum Gasteiger partial charge on any atom is 0.248 e. The van der Waals surface area contributed by atoms with Gasteiger partial charge in [-0.25, -0.2) is 23.4 Å².